The number of nitrogens with zero attached hydrogens (tertiary/aromatic N) is 2. The number of aliphatic hydroxyl groups is 1. The van der Waals surface area contributed by atoms with Crippen molar-refractivity contribution >= 4 is 29.0 Å². The molecule has 4 rings (SSSR count). The number of halogens is 1. The van der Waals surface area contributed by atoms with Crippen molar-refractivity contribution in [3.05, 3.63) is 70.5 Å². The van der Waals surface area contributed by atoms with E-state index in [9.17, 15) is 23.9 Å². The number of amides is 2. The van der Waals surface area contributed by atoms with E-state index in [4.69, 9.17) is 0 Å². The van der Waals surface area contributed by atoms with Crippen LogP contribution in [0.1, 0.15) is 36.5 Å². The predicted octanol–water partition coefficient (Wildman–Crippen LogP) is 2.00. The fourth-order valence-corrected chi connectivity index (χ4v) is 5.09. The molecule has 2 aromatic carbocycles. The molecule has 0 aromatic heterocycles. The molecule has 0 aliphatic carbocycles. The van der Waals surface area contributed by atoms with Gasteiger partial charge in [-0.05, 0) is 31.0 Å². The number of fused-ring (bicyclic) bond motifs is 2. The Labute approximate surface area is 204 Å². The molecule has 8 heteroatoms. The number of carbonyl (C=O) groups is 3. The zero-order valence-electron chi connectivity index (χ0n) is 20.5. The van der Waals surface area contributed by atoms with Crippen molar-refractivity contribution in [3.63, 3.8) is 0 Å². The molecule has 2 aliphatic heterocycles. The van der Waals surface area contributed by atoms with Crippen molar-refractivity contribution in [2.45, 2.75) is 32.2 Å². The molecule has 7 nitrogen and oxygen atoms in total. The average Bonchev–Trinajstić information content (AvgIpc) is 3.19. The molecule has 184 valence electrons. The van der Waals surface area contributed by atoms with E-state index >= 15 is 0 Å². The van der Waals surface area contributed by atoms with Gasteiger partial charge in [0.2, 0.25) is 0 Å². The van der Waals surface area contributed by atoms with Gasteiger partial charge in [-0.15, -0.1) is 0 Å². The smallest absolute Gasteiger partial charge is 0.296 e. The van der Waals surface area contributed by atoms with Gasteiger partial charge in [0.1, 0.15) is 11.6 Å². The average molecular weight is 481 g/mol. The Balaban J connectivity index is 2.01. The molecule has 35 heavy (non-hydrogen) atoms. The molecular weight excluding hydrogens is 449 g/mol. The highest BCUT2D eigenvalue weighted by atomic mass is 19.1. The number of aliphatic hydroxyl groups excluding tert-OH is 1. The number of quaternary nitrogens is 1. The van der Waals surface area contributed by atoms with E-state index in [1.165, 1.54) is 17.0 Å². The molecule has 1 spiro atoms. The molecule has 0 saturated carbocycles. The number of anilines is 1. The van der Waals surface area contributed by atoms with Crippen LogP contribution in [0.2, 0.25) is 0 Å². The highest BCUT2D eigenvalue weighted by molar-refractivity contribution is 6.50. The lowest BCUT2D eigenvalue weighted by Crippen LogP contribution is -3.05. The number of benzene rings is 2. The van der Waals surface area contributed by atoms with Crippen LogP contribution in [0, 0.1) is 12.7 Å². The van der Waals surface area contributed by atoms with Crippen LogP contribution in [0.4, 0.5) is 10.1 Å². The van der Waals surface area contributed by atoms with Crippen molar-refractivity contribution in [1.82, 2.24) is 4.90 Å². The van der Waals surface area contributed by atoms with Gasteiger partial charge in [0.15, 0.2) is 5.54 Å². The van der Waals surface area contributed by atoms with E-state index in [0.717, 1.165) is 17.5 Å². The van der Waals surface area contributed by atoms with E-state index in [1.54, 1.807) is 36.1 Å². The summed E-state index contributed by atoms with van der Waals surface area (Å²) in [5.74, 6) is -3.34. The highest BCUT2D eigenvalue weighted by Gasteiger charge is 2.66. The van der Waals surface area contributed by atoms with Crippen LogP contribution >= 0.6 is 0 Å². The molecule has 0 radical (unpaired) electrons. The monoisotopic (exact) mass is 480 g/mol. The fourth-order valence-electron chi connectivity index (χ4n) is 5.09. The van der Waals surface area contributed by atoms with Crippen molar-refractivity contribution in [3.8, 4) is 0 Å². The number of rotatable bonds is 7. The number of likely N-dealkylation sites (tertiary alicyclic amines) is 1. The largest absolute Gasteiger partial charge is 0.507 e. The second-order valence-electron chi connectivity index (χ2n) is 9.47. The molecular formula is C27H31FN3O4+. The van der Waals surface area contributed by atoms with Gasteiger partial charge >= 0.3 is 0 Å². The molecule has 2 heterocycles. The molecule has 2 aliphatic rings. The zero-order chi connectivity index (χ0) is 25.5. The first-order chi connectivity index (χ1) is 16.7. The number of aryl methyl sites for hydroxylation is 1. The van der Waals surface area contributed by atoms with Crippen molar-refractivity contribution < 1.29 is 28.8 Å². The summed E-state index contributed by atoms with van der Waals surface area (Å²) in [6.07, 6.45) is 1.22. The van der Waals surface area contributed by atoms with Gasteiger partial charge in [-0.3, -0.25) is 14.4 Å². The third-order valence-electron chi connectivity index (χ3n) is 6.76. The maximum absolute atomic E-state index is 14.4. The first kappa shape index (κ1) is 24.6. The number of para-hydroxylation sites is 1. The summed E-state index contributed by atoms with van der Waals surface area (Å²) < 4.78 is 14.4. The number of hydrogen-bond acceptors (Lipinski definition) is 4. The summed E-state index contributed by atoms with van der Waals surface area (Å²) in [7, 11) is 3.96. The van der Waals surface area contributed by atoms with Gasteiger partial charge in [-0.2, -0.15) is 0 Å². The van der Waals surface area contributed by atoms with Gasteiger partial charge < -0.3 is 19.8 Å². The van der Waals surface area contributed by atoms with E-state index in [-0.39, 0.29) is 17.7 Å². The van der Waals surface area contributed by atoms with Crippen LogP contribution < -0.4 is 9.80 Å². The Morgan fingerprint density at radius 1 is 1.09 bits per heavy atom. The highest BCUT2D eigenvalue weighted by Crippen LogP contribution is 2.53. The summed E-state index contributed by atoms with van der Waals surface area (Å²) in [5.41, 5.74) is -0.609. The number of hydrogen-bond donors (Lipinski definition) is 2. The van der Waals surface area contributed by atoms with Gasteiger partial charge in [0, 0.05) is 30.6 Å². The predicted molar refractivity (Wildman–Crippen MR) is 130 cm³/mol. The van der Waals surface area contributed by atoms with E-state index in [0.29, 0.717) is 36.2 Å². The van der Waals surface area contributed by atoms with Crippen LogP contribution in [-0.2, 0) is 19.9 Å². The lowest BCUT2D eigenvalue weighted by molar-refractivity contribution is -0.858. The molecule has 2 amide bonds. The minimum absolute atomic E-state index is 0.0439. The molecule has 0 bridgehead atoms. The summed E-state index contributed by atoms with van der Waals surface area (Å²) in [6, 6.07) is 11.1. The van der Waals surface area contributed by atoms with Crippen LogP contribution in [0.25, 0.3) is 5.76 Å². The Morgan fingerprint density at radius 3 is 2.46 bits per heavy atom. The summed E-state index contributed by atoms with van der Waals surface area (Å²) >= 11 is 0. The summed E-state index contributed by atoms with van der Waals surface area (Å²) in [4.78, 5) is 45.1. The molecule has 2 aromatic rings. The Kier molecular flexibility index (Phi) is 6.51. The lowest BCUT2D eigenvalue weighted by atomic mass is 9.81. The third-order valence-corrected chi connectivity index (χ3v) is 6.76. The van der Waals surface area contributed by atoms with Gasteiger partial charge in [0.25, 0.3) is 17.6 Å². The third kappa shape index (κ3) is 3.72. The Bertz CT molecular complexity index is 1240. The normalized spacial score (nSPS) is 21.0. The van der Waals surface area contributed by atoms with Gasteiger partial charge in [-0.1, -0.05) is 37.3 Å². The second-order valence-corrected chi connectivity index (χ2v) is 9.47. The van der Waals surface area contributed by atoms with Crippen LogP contribution in [-0.4, -0.2) is 61.3 Å². The molecule has 1 atom stereocenters. The molecule has 0 unspecified atom stereocenters. The number of Topliss-reactive ketones (excluding diaryl/α,β-unsaturated/α-hetero) is 1. The quantitative estimate of drug-likeness (QED) is 0.361. The molecule has 1 fully saturated rings. The van der Waals surface area contributed by atoms with E-state index in [1.807, 2.05) is 21.0 Å². The van der Waals surface area contributed by atoms with Crippen molar-refractivity contribution in [1.29, 1.82) is 0 Å². The minimum Gasteiger partial charge on any atom is -0.507 e. The lowest BCUT2D eigenvalue weighted by Gasteiger charge is -2.34. The number of carbonyl (C=O) groups excluding carboxylic acids is 3. The zero-order valence-corrected chi connectivity index (χ0v) is 20.5. The first-order valence-corrected chi connectivity index (χ1v) is 11.9. The maximum atomic E-state index is 14.4. The fraction of sp³-hybridized carbons (Fsp3) is 0.370. The van der Waals surface area contributed by atoms with E-state index < -0.39 is 34.7 Å². The van der Waals surface area contributed by atoms with Crippen LogP contribution in [0.3, 0.4) is 0 Å². The van der Waals surface area contributed by atoms with Crippen LogP contribution in [0.15, 0.2) is 48.0 Å². The van der Waals surface area contributed by atoms with Gasteiger partial charge in [-0.25, -0.2) is 4.39 Å². The van der Waals surface area contributed by atoms with Crippen molar-refractivity contribution in [2.24, 2.45) is 0 Å². The topological polar surface area (TPSA) is 82.4 Å². The Morgan fingerprint density at radius 2 is 1.80 bits per heavy atom. The summed E-state index contributed by atoms with van der Waals surface area (Å²) in [5, 5.41) is 11.4. The Hall–Kier alpha value is -3.52. The van der Waals surface area contributed by atoms with Gasteiger partial charge in [0.05, 0.1) is 31.9 Å². The maximum Gasteiger partial charge on any atom is 0.296 e. The number of ketones is 1. The van der Waals surface area contributed by atoms with E-state index in [2.05, 4.69) is 0 Å². The molecule has 2 N–H and O–H groups in total. The first-order valence-electron chi connectivity index (χ1n) is 11.9. The number of nitrogens with one attached hydrogen (secondary N) is 1. The molecule has 1 saturated heterocycles. The standard InChI is InChI=1S/C27H30FN3O4/c1-5-13-30-21-10-7-6-9-19(21)27(26(30)35)22(23(32)18-12-11-17(2)20(28)16-18)24(33)25(34)31(27)15-8-14-29(3)4/h6-7,9-12,16,32H,5,8,13-15H2,1-4H3/p+1/t27-/m1/s1. The van der Waals surface area contributed by atoms with Crippen molar-refractivity contribution in [2.75, 3.05) is 38.6 Å². The summed E-state index contributed by atoms with van der Waals surface area (Å²) in [6.45, 7) is 4.80. The SMILES string of the molecule is CCCN1C(=O)[C@]2(C(=C(O)c3ccc(C)c(F)c3)C(=O)C(=O)N2CCC[NH+](C)C)c2ccccc21. The minimum atomic E-state index is -1.80. The van der Waals surface area contributed by atoms with Crippen LogP contribution in [0.5, 0.6) is 0 Å². The second kappa shape index (κ2) is 9.26.